The van der Waals surface area contributed by atoms with Crippen molar-refractivity contribution < 1.29 is 27.5 Å². The number of sulfonamides is 1. The Bertz CT molecular complexity index is 1230. The molecular weight excluding hydrogens is 446 g/mol. The molecule has 0 spiro atoms. The quantitative estimate of drug-likeness (QED) is 0.432. The summed E-state index contributed by atoms with van der Waals surface area (Å²) in [6.07, 6.45) is 0. The van der Waals surface area contributed by atoms with Gasteiger partial charge in [-0.15, -0.1) is 0 Å². The lowest BCUT2D eigenvalue weighted by molar-refractivity contribution is -0.123. The zero-order valence-corrected chi connectivity index (χ0v) is 18.6. The van der Waals surface area contributed by atoms with Crippen molar-refractivity contribution >= 4 is 21.8 Å². The summed E-state index contributed by atoms with van der Waals surface area (Å²) >= 11 is 0. The molecule has 2 amide bonds. The maximum atomic E-state index is 12.3. The van der Waals surface area contributed by atoms with E-state index in [0.29, 0.717) is 23.7 Å². The van der Waals surface area contributed by atoms with Gasteiger partial charge in [-0.25, -0.2) is 13.6 Å². The lowest BCUT2D eigenvalue weighted by Crippen LogP contribution is -2.44. The minimum absolute atomic E-state index is 0.0637. The maximum absolute atomic E-state index is 12.3. The Morgan fingerprint density at radius 2 is 1.52 bits per heavy atom. The highest BCUT2D eigenvalue weighted by Crippen LogP contribution is 2.19. The Morgan fingerprint density at radius 3 is 2.15 bits per heavy atom. The lowest BCUT2D eigenvalue weighted by atomic mass is 10.1. The van der Waals surface area contributed by atoms with E-state index < -0.39 is 21.8 Å². The molecule has 0 aliphatic carbocycles. The monoisotopic (exact) mass is 469 g/mol. The van der Waals surface area contributed by atoms with Crippen LogP contribution in [0.4, 0.5) is 0 Å². The van der Waals surface area contributed by atoms with Crippen molar-refractivity contribution in [2.45, 2.75) is 18.4 Å². The van der Waals surface area contributed by atoms with Gasteiger partial charge in [-0.2, -0.15) is 0 Å². The number of amides is 2. The van der Waals surface area contributed by atoms with Gasteiger partial charge in [-0.1, -0.05) is 36.4 Å². The van der Waals surface area contributed by atoms with Crippen LogP contribution in [0.25, 0.3) is 0 Å². The van der Waals surface area contributed by atoms with Gasteiger partial charge < -0.3 is 9.47 Å². The zero-order chi connectivity index (χ0) is 23.8. The fourth-order valence-electron chi connectivity index (χ4n) is 2.77. The van der Waals surface area contributed by atoms with E-state index in [-0.39, 0.29) is 17.1 Å². The number of aryl methyl sites for hydroxylation is 1. The lowest BCUT2D eigenvalue weighted by Gasteiger charge is -2.11. The molecule has 0 radical (unpaired) electrons. The van der Waals surface area contributed by atoms with Gasteiger partial charge in [0.2, 0.25) is 10.0 Å². The summed E-state index contributed by atoms with van der Waals surface area (Å²) < 4.78 is 34.0. The van der Waals surface area contributed by atoms with Crippen molar-refractivity contribution in [2.75, 3.05) is 6.61 Å². The third-order valence-electron chi connectivity index (χ3n) is 4.54. The SMILES string of the molecule is Cc1ccc(S(N)(=O)=O)cc1C(=O)NNC(=O)COc1ccc(OCc2ccccc2)cc1. The molecule has 0 aliphatic heterocycles. The van der Waals surface area contributed by atoms with Gasteiger partial charge in [-0.3, -0.25) is 20.4 Å². The minimum Gasteiger partial charge on any atom is -0.489 e. The first kappa shape index (κ1) is 23.8. The van der Waals surface area contributed by atoms with Crippen LogP contribution in [0, 0.1) is 6.92 Å². The smallest absolute Gasteiger partial charge is 0.276 e. The molecular formula is C23H23N3O6S. The number of carbonyl (C=O) groups excluding carboxylic acids is 2. The van der Waals surface area contributed by atoms with E-state index in [1.807, 2.05) is 30.3 Å². The van der Waals surface area contributed by atoms with Crippen LogP contribution >= 0.6 is 0 Å². The molecule has 3 aromatic carbocycles. The average molecular weight is 470 g/mol. The number of hydrogen-bond acceptors (Lipinski definition) is 6. The van der Waals surface area contributed by atoms with E-state index in [1.165, 1.54) is 12.1 Å². The highest BCUT2D eigenvalue weighted by molar-refractivity contribution is 7.89. The second kappa shape index (κ2) is 10.6. The van der Waals surface area contributed by atoms with Crippen LogP contribution in [0.3, 0.4) is 0 Å². The first-order chi connectivity index (χ1) is 15.7. The third kappa shape index (κ3) is 7.06. The molecule has 0 heterocycles. The Balaban J connectivity index is 1.46. The molecule has 172 valence electrons. The van der Waals surface area contributed by atoms with Crippen LogP contribution in [0.1, 0.15) is 21.5 Å². The van der Waals surface area contributed by atoms with Crippen molar-refractivity contribution in [1.82, 2.24) is 10.9 Å². The Hall–Kier alpha value is -3.89. The minimum atomic E-state index is -3.96. The van der Waals surface area contributed by atoms with Gasteiger partial charge >= 0.3 is 0 Å². The average Bonchev–Trinajstić information content (AvgIpc) is 2.80. The van der Waals surface area contributed by atoms with Gasteiger partial charge in [0.15, 0.2) is 6.61 Å². The number of nitrogens with two attached hydrogens (primary N) is 1. The predicted octanol–water partition coefficient (Wildman–Crippen LogP) is 2.06. The molecule has 0 bridgehead atoms. The number of ether oxygens (including phenoxy) is 2. The molecule has 4 N–H and O–H groups in total. The number of rotatable bonds is 8. The second-order valence-electron chi connectivity index (χ2n) is 7.06. The number of hydrazine groups is 1. The summed E-state index contributed by atoms with van der Waals surface area (Å²) in [6.45, 7) is 1.71. The van der Waals surface area contributed by atoms with Crippen LogP contribution in [-0.2, 0) is 21.4 Å². The standard InChI is InChI=1S/C23H23N3O6S/c1-16-7-12-20(33(24,29)30)13-21(16)23(28)26-25-22(27)15-32-19-10-8-18(9-11-19)31-14-17-5-3-2-4-6-17/h2-13H,14-15H2,1H3,(H,25,27)(H,26,28)(H2,24,29,30). The zero-order valence-electron chi connectivity index (χ0n) is 17.8. The number of primary sulfonamides is 1. The van der Waals surface area contributed by atoms with Crippen molar-refractivity contribution in [2.24, 2.45) is 5.14 Å². The molecule has 9 nitrogen and oxygen atoms in total. The van der Waals surface area contributed by atoms with Crippen LogP contribution in [0.5, 0.6) is 11.5 Å². The number of carbonyl (C=O) groups is 2. The van der Waals surface area contributed by atoms with E-state index in [4.69, 9.17) is 14.6 Å². The molecule has 0 saturated heterocycles. The van der Waals surface area contributed by atoms with E-state index in [9.17, 15) is 18.0 Å². The molecule has 3 aromatic rings. The Kier molecular flexibility index (Phi) is 7.65. The van der Waals surface area contributed by atoms with Crippen molar-refractivity contribution in [3.63, 3.8) is 0 Å². The van der Waals surface area contributed by atoms with Crippen LogP contribution in [0.2, 0.25) is 0 Å². The molecule has 0 saturated carbocycles. The molecule has 0 atom stereocenters. The van der Waals surface area contributed by atoms with Crippen molar-refractivity contribution in [3.8, 4) is 11.5 Å². The van der Waals surface area contributed by atoms with Gasteiger partial charge in [0.25, 0.3) is 11.8 Å². The largest absolute Gasteiger partial charge is 0.489 e. The van der Waals surface area contributed by atoms with Crippen LogP contribution < -0.4 is 25.5 Å². The summed E-state index contributed by atoms with van der Waals surface area (Å²) in [5.41, 5.74) is 6.06. The summed E-state index contributed by atoms with van der Waals surface area (Å²) in [4.78, 5) is 24.1. The summed E-state index contributed by atoms with van der Waals surface area (Å²) in [6, 6.07) is 20.4. The summed E-state index contributed by atoms with van der Waals surface area (Å²) in [5.74, 6) is -0.195. The molecule has 0 fully saturated rings. The first-order valence-corrected chi connectivity index (χ1v) is 11.4. The fraction of sp³-hybridized carbons (Fsp3) is 0.130. The van der Waals surface area contributed by atoms with Crippen molar-refractivity contribution in [3.05, 3.63) is 89.5 Å². The van der Waals surface area contributed by atoms with Gasteiger partial charge in [0, 0.05) is 5.56 Å². The molecule has 0 aliphatic rings. The van der Waals surface area contributed by atoms with E-state index >= 15 is 0 Å². The van der Waals surface area contributed by atoms with Gasteiger partial charge in [0.1, 0.15) is 18.1 Å². The molecule has 0 aromatic heterocycles. The normalized spacial score (nSPS) is 10.8. The summed E-state index contributed by atoms with van der Waals surface area (Å²) in [5, 5.41) is 5.09. The van der Waals surface area contributed by atoms with Gasteiger partial charge in [-0.05, 0) is 54.4 Å². The first-order valence-electron chi connectivity index (χ1n) is 9.84. The Morgan fingerprint density at radius 1 is 0.879 bits per heavy atom. The van der Waals surface area contributed by atoms with Crippen molar-refractivity contribution in [1.29, 1.82) is 0 Å². The number of hydrogen-bond donors (Lipinski definition) is 3. The third-order valence-corrected chi connectivity index (χ3v) is 5.45. The van der Waals surface area contributed by atoms with Crippen LogP contribution in [0.15, 0.2) is 77.7 Å². The highest BCUT2D eigenvalue weighted by atomic mass is 32.2. The highest BCUT2D eigenvalue weighted by Gasteiger charge is 2.15. The molecule has 3 rings (SSSR count). The second-order valence-corrected chi connectivity index (χ2v) is 8.62. The van der Waals surface area contributed by atoms with E-state index in [1.54, 1.807) is 31.2 Å². The summed E-state index contributed by atoms with van der Waals surface area (Å²) in [7, 11) is -3.96. The molecule has 10 heteroatoms. The maximum Gasteiger partial charge on any atom is 0.276 e. The van der Waals surface area contributed by atoms with Gasteiger partial charge in [0.05, 0.1) is 4.90 Å². The predicted molar refractivity (Wildman–Crippen MR) is 121 cm³/mol. The Labute approximate surface area is 191 Å². The fourth-order valence-corrected chi connectivity index (χ4v) is 3.31. The molecule has 0 unspecified atom stereocenters. The molecule has 33 heavy (non-hydrogen) atoms. The van der Waals surface area contributed by atoms with Crippen LogP contribution in [-0.4, -0.2) is 26.8 Å². The number of nitrogens with one attached hydrogen (secondary N) is 2. The number of benzene rings is 3. The van der Waals surface area contributed by atoms with E-state index in [0.717, 1.165) is 11.6 Å². The topological polar surface area (TPSA) is 137 Å². The van der Waals surface area contributed by atoms with E-state index in [2.05, 4.69) is 10.9 Å².